The van der Waals surface area contributed by atoms with Crippen LogP contribution in [0.5, 0.6) is 0 Å². The molecule has 29 heavy (non-hydrogen) atoms. The number of carbonyl (C=O) groups excluding carboxylic acids is 1. The number of likely N-dealkylation sites (tertiary alicyclic amines) is 1. The molecule has 2 aliphatic rings. The normalized spacial score (nSPS) is 18.2. The molecule has 4 rings (SSSR count). The van der Waals surface area contributed by atoms with Gasteiger partial charge >= 0.3 is 0 Å². The second-order valence-electron chi connectivity index (χ2n) is 8.65. The van der Waals surface area contributed by atoms with Crippen molar-refractivity contribution in [3.8, 4) is 0 Å². The molecule has 1 saturated heterocycles. The van der Waals surface area contributed by atoms with Crippen LogP contribution in [0.2, 0.25) is 0 Å². The summed E-state index contributed by atoms with van der Waals surface area (Å²) in [6, 6.07) is 12.9. The van der Waals surface area contributed by atoms with Crippen molar-refractivity contribution in [1.29, 1.82) is 0 Å². The highest BCUT2D eigenvalue weighted by atomic mass is 32.1. The molecular weight excluding hydrogens is 378 g/mol. The van der Waals surface area contributed by atoms with Gasteiger partial charge in [-0.15, -0.1) is 11.3 Å². The third kappa shape index (κ3) is 5.68. The third-order valence-corrected chi connectivity index (χ3v) is 7.40. The molecule has 0 aliphatic carbocycles. The van der Waals surface area contributed by atoms with E-state index in [4.69, 9.17) is 0 Å². The van der Waals surface area contributed by atoms with Crippen LogP contribution < -0.4 is 0 Å². The minimum absolute atomic E-state index is 0.326. The standard InChI is InChI=1S/C24H33N3OS/c1-25(17-20-5-3-2-4-6-20)18-21-7-12-26(13-8-21)14-10-24(28)27-15-9-23-22(19-27)11-16-29-23/h2-6,11,16,21H,7-10,12-15,17-19H2,1H3. The Hall–Kier alpha value is -1.69. The van der Waals surface area contributed by atoms with Crippen molar-refractivity contribution in [3.05, 3.63) is 57.8 Å². The second kappa shape index (κ2) is 9.88. The maximum absolute atomic E-state index is 12.7. The Morgan fingerprint density at radius 3 is 2.72 bits per heavy atom. The Bertz CT molecular complexity index is 782. The number of thiophene rings is 1. The Kier molecular flexibility index (Phi) is 7.01. The van der Waals surface area contributed by atoms with Gasteiger partial charge in [0, 0.05) is 44.0 Å². The fourth-order valence-corrected chi connectivity index (χ4v) is 5.56. The monoisotopic (exact) mass is 411 g/mol. The minimum Gasteiger partial charge on any atom is -0.338 e. The molecule has 0 unspecified atom stereocenters. The van der Waals surface area contributed by atoms with Crippen LogP contribution >= 0.6 is 11.3 Å². The summed E-state index contributed by atoms with van der Waals surface area (Å²) in [5, 5.41) is 2.15. The van der Waals surface area contributed by atoms with Crippen LogP contribution in [0.4, 0.5) is 0 Å². The topological polar surface area (TPSA) is 26.8 Å². The molecular formula is C24H33N3OS. The van der Waals surface area contributed by atoms with E-state index in [-0.39, 0.29) is 0 Å². The highest BCUT2D eigenvalue weighted by Gasteiger charge is 2.24. The molecule has 1 aromatic heterocycles. The first-order valence-electron chi connectivity index (χ1n) is 11.0. The Labute approximate surface area is 179 Å². The summed E-state index contributed by atoms with van der Waals surface area (Å²) in [6.45, 7) is 7.07. The number of hydrogen-bond donors (Lipinski definition) is 0. The van der Waals surface area contributed by atoms with Gasteiger partial charge in [-0.05, 0) is 67.9 Å². The summed E-state index contributed by atoms with van der Waals surface area (Å²) < 4.78 is 0. The molecule has 1 fully saturated rings. The van der Waals surface area contributed by atoms with Crippen LogP contribution in [0, 0.1) is 5.92 Å². The van der Waals surface area contributed by atoms with Gasteiger partial charge in [-0.25, -0.2) is 0 Å². The molecule has 0 N–H and O–H groups in total. The van der Waals surface area contributed by atoms with Crippen molar-refractivity contribution in [2.45, 2.75) is 38.8 Å². The van der Waals surface area contributed by atoms with E-state index in [9.17, 15) is 4.79 Å². The van der Waals surface area contributed by atoms with E-state index in [0.717, 1.165) is 51.6 Å². The van der Waals surface area contributed by atoms with Crippen LogP contribution in [0.15, 0.2) is 41.8 Å². The van der Waals surface area contributed by atoms with Crippen molar-refractivity contribution in [2.24, 2.45) is 5.92 Å². The highest BCUT2D eigenvalue weighted by molar-refractivity contribution is 7.10. The first-order valence-corrected chi connectivity index (χ1v) is 11.8. The predicted octanol–water partition coefficient (Wildman–Crippen LogP) is 3.87. The molecule has 4 nitrogen and oxygen atoms in total. The average molecular weight is 412 g/mol. The quantitative estimate of drug-likeness (QED) is 0.692. The van der Waals surface area contributed by atoms with Gasteiger partial charge in [0.25, 0.3) is 0 Å². The SMILES string of the molecule is CN(Cc1ccccc1)CC1CCN(CCC(=O)N2CCc3sccc3C2)CC1. The molecule has 3 heterocycles. The minimum atomic E-state index is 0.326. The highest BCUT2D eigenvalue weighted by Crippen LogP contribution is 2.24. The molecule has 0 radical (unpaired) electrons. The summed E-state index contributed by atoms with van der Waals surface area (Å²) in [6.07, 6.45) is 4.18. The Balaban J connectivity index is 1.14. The summed E-state index contributed by atoms with van der Waals surface area (Å²) >= 11 is 1.83. The summed E-state index contributed by atoms with van der Waals surface area (Å²) in [5.41, 5.74) is 2.74. The molecule has 1 amide bonds. The number of rotatable bonds is 7. The Morgan fingerprint density at radius 2 is 1.93 bits per heavy atom. The van der Waals surface area contributed by atoms with Crippen molar-refractivity contribution in [1.82, 2.24) is 14.7 Å². The van der Waals surface area contributed by atoms with Crippen molar-refractivity contribution in [2.75, 3.05) is 39.8 Å². The van der Waals surface area contributed by atoms with E-state index < -0.39 is 0 Å². The van der Waals surface area contributed by atoms with Gasteiger partial charge in [0.15, 0.2) is 0 Å². The molecule has 0 bridgehead atoms. The molecule has 0 atom stereocenters. The van der Waals surface area contributed by atoms with Gasteiger partial charge in [0.1, 0.15) is 0 Å². The van der Waals surface area contributed by atoms with E-state index in [1.54, 1.807) is 0 Å². The molecule has 1 aromatic carbocycles. The van der Waals surface area contributed by atoms with Gasteiger partial charge in [0.05, 0.1) is 0 Å². The number of benzene rings is 1. The third-order valence-electron chi connectivity index (χ3n) is 6.37. The lowest BCUT2D eigenvalue weighted by Gasteiger charge is -2.34. The van der Waals surface area contributed by atoms with E-state index in [1.807, 2.05) is 11.3 Å². The maximum Gasteiger partial charge on any atom is 0.224 e. The lowest BCUT2D eigenvalue weighted by molar-refractivity contribution is -0.132. The zero-order chi connectivity index (χ0) is 20.1. The fraction of sp³-hybridized carbons (Fsp3) is 0.542. The lowest BCUT2D eigenvalue weighted by Crippen LogP contribution is -2.41. The van der Waals surface area contributed by atoms with Crippen LogP contribution in [-0.4, -0.2) is 60.4 Å². The number of nitrogens with zero attached hydrogens (tertiary/aromatic N) is 3. The van der Waals surface area contributed by atoms with Crippen molar-refractivity contribution < 1.29 is 4.79 Å². The molecule has 5 heteroatoms. The number of piperidine rings is 1. The van der Waals surface area contributed by atoms with E-state index in [2.05, 4.69) is 63.5 Å². The molecule has 0 spiro atoms. The predicted molar refractivity (Wildman–Crippen MR) is 120 cm³/mol. The molecule has 156 valence electrons. The van der Waals surface area contributed by atoms with Gasteiger partial charge < -0.3 is 14.7 Å². The zero-order valence-electron chi connectivity index (χ0n) is 17.6. The van der Waals surface area contributed by atoms with Crippen molar-refractivity contribution >= 4 is 17.2 Å². The largest absolute Gasteiger partial charge is 0.338 e. The van der Waals surface area contributed by atoms with Crippen molar-refractivity contribution in [3.63, 3.8) is 0 Å². The number of hydrogen-bond acceptors (Lipinski definition) is 4. The maximum atomic E-state index is 12.7. The van der Waals surface area contributed by atoms with Gasteiger partial charge in [0.2, 0.25) is 5.91 Å². The summed E-state index contributed by atoms with van der Waals surface area (Å²) in [4.78, 5) is 21.1. The van der Waals surface area contributed by atoms with Gasteiger partial charge in [-0.3, -0.25) is 4.79 Å². The summed E-state index contributed by atoms with van der Waals surface area (Å²) in [7, 11) is 2.23. The van der Waals surface area contributed by atoms with E-state index in [0.29, 0.717) is 12.3 Å². The fourth-order valence-electron chi connectivity index (χ4n) is 4.67. The van der Waals surface area contributed by atoms with Crippen LogP contribution in [0.3, 0.4) is 0 Å². The second-order valence-corrected chi connectivity index (χ2v) is 9.65. The summed E-state index contributed by atoms with van der Waals surface area (Å²) in [5.74, 6) is 1.10. The van der Waals surface area contributed by atoms with Gasteiger partial charge in [-0.1, -0.05) is 30.3 Å². The number of amides is 1. The number of carbonyl (C=O) groups is 1. The first-order chi connectivity index (χ1) is 14.2. The molecule has 2 aliphatic heterocycles. The van der Waals surface area contributed by atoms with Crippen LogP contribution in [-0.2, 0) is 24.3 Å². The lowest BCUT2D eigenvalue weighted by atomic mass is 9.96. The molecule has 2 aromatic rings. The first kappa shape index (κ1) is 20.6. The van der Waals surface area contributed by atoms with Gasteiger partial charge in [-0.2, -0.15) is 0 Å². The molecule has 0 saturated carbocycles. The van der Waals surface area contributed by atoms with Crippen LogP contribution in [0.25, 0.3) is 0 Å². The van der Waals surface area contributed by atoms with E-state index in [1.165, 1.54) is 35.4 Å². The zero-order valence-corrected chi connectivity index (χ0v) is 18.4. The smallest absolute Gasteiger partial charge is 0.224 e. The Morgan fingerprint density at radius 1 is 1.14 bits per heavy atom. The van der Waals surface area contributed by atoms with Crippen LogP contribution in [0.1, 0.15) is 35.3 Å². The number of fused-ring (bicyclic) bond motifs is 1. The average Bonchev–Trinajstić information content (AvgIpc) is 3.21. The van der Waals surface area contributed by atoms with E-state index >= 15 is 0 Å².